The fourth-order valence-corrected chi connectivity index (χ4v) is 2.97. The highest BCUT2D eigenvalue weighted by molar-refractivity contribution is 6.30. The average Bonchev–Trinajstić information content (AvgIpc) is 2.66. The number of nitrogens with one attached hydrogen (secondary N) is 2. The van der Waals surface area contributed by atoms with Gasteiger partial charge >= 0.3 is 5.69 Å². The number of carbonyl (C=O) groups is 1. The first-order valence-corrected chi connectivity index (χ1v) is 8.50. The van der Waals surface area contributed by atoms with Crippen LogP contribution in [0.3, 0.4) is 0 Å². The molecule has 1 amide bonds. The van der Waals surface area contributed by atoms with Crippen molar-refractivity contribution in [3.8, 4) is 0 Å². The third-order valence-corrected chi connectivity index (χ3v) is 4.26. The fourth-order valence-electron chi connectivity index (χ4n) is 2.78. The van der Waals surface area contributed by atoms with E-state index in [-0.39, 0.29) is 17.3 Å². The molecule has 9 nitrogen and oxygen atoms in total. The van der Waals surface area contributed by atoms with Crippen molar-refractivity contribution in [1.82, 2.24) is 15.4 Å². The number of nitrogens with zero attached hydrogens (tertiary/aromatic N) is 4. The van der Waals surface area contributed by atoms with Crippen LogP contribution in [0.1, 0.15) is 29.6 Å². The summed E-state index contributed by atoms with van der Waals surface area (Å²) in [6, 6.07) is 6.35. The molecule has 10 heteroatoms. The molecule has 136 valence electrons. The lowest BCUT2D eigenvalue weighted by Crippen LogP contribution is -2.33. The van der Waals surface area contributed by atoms with Gasteiger partial charge in [-0.15, -0.1) is 0 Å². The van der Waals surface area contributed by atoms with E-state index < -0.39 is 10.8 Å². The van der Waals surface area contributed by atoms with Gasteiger partial charge in [0.05, 0.1) is 4.92 Å². The number of nitro groups is 1. The third kappa shape index (κ3) is 3.99. The Morgan fingerprint density at radius 3 is 2.69 bits per heavy atom. The van der Waals surface area contributed by atoms with Crippen molar-refractivity contribution in [2.75, 3.05) is 23.4 Å². The third-order valence-electron chi connectivity index (χ3n) is 4.02. The van der Waals surface area contributed by atoms with Gasteiger partial charge in [0.1, 0.15) is 6.33 Å². The minimum Gasteiger partial charge on any atom is -0.351 e. The number of benzene rings is 1. The van der Waals surface area contributed by atoms with Crippen LogP contribution in [0.2, 0.25) is 5.02 Å². The van der Waals surface area contributed by atoms with E-state index in [0.717, 1.165) is 19.3 Å². The van der Waals surface area contributed by atoms with E-state index in [0.29, 0.717) is 23.7 Å². The predicted octanol–water partition coefficient (Wildman–Crippen LogP) is 2.79. The molecule has 3 rings (SSSR count). The molecule has 2 N–H and O–H groups in total. The summed E-state index contributed by atoms with van der Waals surface area (Å²) in [5.74, 6) is -0.301. The highest BCUT2D eigenvalue weighted by Gasteiger charge is 2.28. The Hall–Kier alpha value is -2.94. The molecule has 0 atom stereocenters. The van der Waals surface area contributed by atoms with Gasteiger partial charge in [0.2, 0.25) is 11.6 Å². The topological polar surface area (TPSA) is 113 Å². The highest BCUT2D eigenvalue weighted by Crippen LogP contribution is 2.32. The molecule has 0 saturated carbocycles. The Labute approximate surface area is 154 Å². The molecule has 0 spiro atoms. The van der Waals surface area contributed by atoms with Crippen LogP contribution in [-0.2, 0) is 0 Å². The van der Waals surface area contributed by atoms with E-state index >= 15 is 0 Å². The number of anilines is 2. The largest absolute Gasteiger partial charge is 0.355 e. The molecule has 1 aromatic heterocycles. The Morgan fingerprint density at radius 2 is 2.00 bits per heavy atom. The zero-order valence-electron chi connectivity index (χ0n) is 13.8. The van der Waals surface area contributed by atoms with Crippen LogP contribution < -0.4 is 15.8 Å². The zero-order valence-corrected chi connectivity index (χ0v) is 14.6. The van der Waals surface area contributed by atoms with Gasteiger partial charge < -0.3 is 4.90 Å². The predicted molar refractivity (Wildman–Crippen MR) is 97.3 cm³/mol. The molecule has 1 saturated heterocycles. The summed E-state index contributed by atoms with van der Waals surface area (Å²) in [6.45, 7) is 1.40. The van der Waals surface area contributed by atoms with Crippen LogP contribution in [0.15, 0.2) is 30.6 Å². The second kappa shape index (κ2) is 7.96. The van der Waals surface area contributed by atoms with Crippen molar-refractivity contribution in [2.45, 2.75) is 19.3 Å². The molecular formula is C16H17ClN6O3. The lowest BCUT2D eigenvalue weighted by atomic mass is 10.1. The van der Waals surface area contributed by atoms with Gasteiger partial charge in [0, 0.05) is 23.7 Å². The Morgan fingerprint density at radius 1 is 1.23 bits per heavy atom. The van der Waals surface area contributed by atoms with Crippen molar-refractivity contribution in [2.24, 2.45) is 0 Å². The first kappa shape index (κ1) is 17.9. The van der Waals surface area contributed by atoms with Gasteiger partial charge in [0.15, 0.2) is 0 Å². The van der Waals surface area contributed by atoms with E-state index in [2.05, 4.69) is 20.8 Å². The zero-order chi connectivity index (χ0) is 18.5. The molecule has 2 heterocycles. The molecular weight excluding hydrogens is 360 g/mol. The number of amides is 1. The Balaban J connectivity index is 1.81. The van der Waals surface area contributed by atoms with Crippen LogP contribution in [0.25, 0.3) is 0 Å². The van der Waals surface area contributed by atoms with Crippen LogP contribution in [-0.4, -0.2) is 33.9 Å². The van der Waals surface area contributed by atoms with Crippen molar-refractivity contribution >= 4 is 34.8 Å². The second-order valence-corrected chi connectivity index (χ2v) is 6.23. The molecule has 2 aromatic rings. The van der Waals surface area contributed by atoms with Gasteiger partial charge in [-0.2, -0.15) is 0 Å². The second-order valence-electron chi connectivity index (χ2n) is 5.79. The molecule has 0 radical (unpaired) electrons. The lowest BCUT2D eigenvalue weighted by molar-refractivity contribution is -0.383. The van der Waals surface area contributed by atoms with Gasteiger partial charge in [-0.1, -0.05) is 17.7 Å². The van der Waals surface area contributed by atoms with Gasteiger partial charge in [0.25, 0.3) is 5.91 Å². The summed E-state index contributed by atoms with van der Waals surface area (Å²) < 4.78 is 0. The van der Waals surface area contributed by atoms with Crippen LogP contribution in [0.4, 0.5) is 17.3 Å². The van der Waals surface area contributed by atoms with Crippen molar-refractivity contribution in [1.29, 1.82) is 0 Å². The van der Waals surface area contributed by atoms with E-state index in [4.69, 9.17) is 11.6 Å². The van der Waals surface area contributed by atoms with Crippen LogP contribution in [0.5, 0.6) is 0 Å². The standard InChI is InChI=1S/C16H17ClN6O3/c17-12-6-4-5-11(9-12)16(24)21-20-14-13(23(25)26)15(19-10-18-14)22-7-2-1-3-8-22/h4-6,9-10H,1-3,7-8H2,(H,21,24)(H,18,19,20). The number of hydrogen-bond acceptors (Lipinski definition) is 7. The van der Waals surface area contributed by atoms with E-state index in [1.165, 1.54) is 12.4 Å². The van der Waals surface area contributed by atoms with Gasteiger partial charge in [-0.25, -0.2) is 9.97 Å². The number of piperidine rings is 1. The maximum Gasteiger partial charge on any atom is 0.355 e. The summed E-state index contributed by atoms with van der Waals surface area (Å²) in [5, 5.41) is 12.0. The Bertz CT molecular complexity index is 825. The summed E-state index contributed by atoms with van der Waals surface area (Å²) in [7, 11) is 0. The molecule has 0 aliphatic carbocycles. The van der Waals surface area contributed by atoms with Crippen LogP contribution >= 0.6 is 11.6 Å². The molecule has 1 aliphatic rings. The van der Waals surface area contributed by atoms with E-state index in [1.807, 2.05) is 4.90 Å². The quantitative estimate of drug-likeness (QED) is 0.609. The summed E-state index contributed by atoms with van der Waals surface area (Å²) in [5.41, 5.74) is 4.99. The van der Waals surface area contributed by atoms with Crippen molar-refractivity contribution < 1.29 is 9.72 Å². The SMILES string of the molecule is O=C(NNc1ncnc(N2CCCCC2)c1[N+](=O)[O-])c1cccc(Cl)c1. The molecule has 1 aromatic carbocycles. The summed E-state index contributed by atoms with van der Waals surface area (Å²) in [6.07, 6.45) is 4.24. The molecule has 26 heavy (non-hydrogen) atoms. The monoisotopic (exact) mass is 376 g/mol. The molecule has 1 aliphatic heterocycles. The molecule has 0 unspecified atom stereocenters. The van der Waals surface area contributed by atoms with Gasteiger partial charge in [-0.05, 0) is 37.5 Å². The van der Waals surface area contributed by atoms with E-state index in [9.17, 15) is 14.9 Å². The fraction of sp³-hybridized carbons (Fsp3) is 0.312. The smallest absolute Gasteiger partial charge is 0.351 e. The number of halogens is 1. The van der Waals surface area contributed by atoms with Crippen molar-refractivity contribution in [3.05, 3.63) is 51.3 Å². The minimum atomic E-state index is -0.544. The number of rotatable bonds is 5. The Kier molecular flexibility index (Phi) is 5.47. The average molecular weight is 377 g/mol. The maximum absolute atomic E-state index is 12.2. The number of aromatic nitrogens is 2. The van der Waals surface area contributed by atoms with Crippen molar-refractivity contribution in [3.63, 3.8) is 0 Å². The number of carbonyl (C=O) groups excluding carboxylic acids is 1. The van der Waals surface area contributed by atoms with Crippen LogP contribution in [0, 0.1) is 10.1 Å². The number of hydrazine groups is 1. The summed E-state index contributed by atoms with van der Waals surface area (Å²) in [4.78, 5) is 33.1. The highest BCUT2D eigenvalue weighted by atomic mass is 35.5. The van der Waals surface area contributed by atoms with E-state index in [1.54, 1.807) is 18.2 Å². The lowest BCUT2D eigenvalue weighted by Gasteiger charge is -2.27. The molecule has 1 fully saturated rings. The minimum absolute atomic E-state index is 0.0686. The van der Waals surface area contributed by atoms with Gasteiger partial charge in [-0.3, -0.25) is 25.8 Å². The normalized spacial score (nSPS) is 14.0. The summed E-state index contributed by atoms with van der Waals surface area (Å²) >= 11 is 5.86. The number of hydrogen-bond donors (Lipinski definition) is 2. The maximum atomic E-state index is 12.2. The first-order valence-electron chi connectivity index (χ1n) is 8.12. The molecule has 0 bridgehead atoms. The first-order chi connectivity index (χ1) is 12.6.